The van der Waals surface area contributed by atoms with Crippen LogP contribution in [0.1, 0.15) is 28.9 Å². The zero-order valence-corrected chi connectivity index (χ0v) is 11.6. The van der Waals surface area contributed by atoms with E-state index in [4.69, 9.17) is 11.6 Å². The van der Waals surface area contributed by atoms with Crippen LogP contribution in [0.5, 0.6) is 0 Å². The van der Waals surface area contributed by atoms with Crippen molar-refractivity contribution in [2.75, 3.05) is 19.0 Å². The lowest BCUT2D eigenvalue weighted by Crippen LogP contribution is -2.26. The fourth-order valence-corrected chi connectivity index (χ4v) is 3.35. The zero-order chi connectivity index (χ0) is 13.1. The number of nitrogens with zero attached hydrogens (tertiary/aromatic N) is 1. The highest BCUT2D eigenvalue weighted by Gasteiger charge is 2.28. The predicted octanol–water partition coefficient (Wildman–Crippen LogP) is 2.16. The molecule has 100 valence electrons. The predicted molar refractivity (Wildman–Crippen MR) is 70.3 cm³/mol. The van der Waals surface area contributed by atoms with Crippen LogP contribution in [0, 0.1) is 5.92 Å². The number of aliphatic hydroxyl groups is 1. The number of hydrogen-bond donors (Lipinski definition) is 2. The van der Waals surface area contributed by atoms with Gasteiger partial charge in [-0.3, -0.25) is 0 Å². The number of aromatic nitrogens is 1. The van der Waals surface area contributed by atoms with E-state index in [0.29, 0.717) is 10.0 Å². The van der Waals surface area contributed by atoms with Gasteiger partial charge in [0.05, 0.1) is 7.11 Å². The third-order valence-corrected chi connectivity index (χ3v) is 4.51. The summed E-state index contributed by atoms with van der Waals surface area (Å²) in [5.74, 6) is -0.232. The smallest absolute Gasteiger partial charge is 0.351 e. The molecule has 1 aromatic rings. The van der Waals surface area contributed by atoms with Gasteiger partial charge in [-0.2, -0.15) is 0 Å². The largest absolute Gasteiger partial charge is 0.465 e. The van der Waals surface area contributed by atoms with E-state index in [2.05, 4.69) is 15.0 Å². The van der Waals surface area contributed by atoms with Crippen LogP contribution in [0.25, 0.3) is 0 Å². The van der Waals surface area contributed by atoms with E-state index in [0.717, 1.165) is 19.3 Å². The Labute approximate surface area is 114 Å². The molecule has 1 fully saturated rings. The van der Waals surface area contributed by atoms with E-state index in [1.54, 1.807) is 0 Å². The third kappa shape index (κ3) is 2.76. The lowest BCUT2D eigenvalue weighted by molar-refractivity contribution is 0.0606. The quantitative estimate of drug-likeness (QED) is 0.832. The van der Waals surface area contributed by atoms with E-state index in [9.17, 15) is 9.90 Å². The summed E-state index contributed by atoms with van der Waals surface area (Å²) in [6.07, 6.45) is 3.10. The summed E-state index contributed by atoms with van der Waals surface area (Å²) in [4.78, 5) is 15.8. The Morgan fingerprint density at radius 3 is 3.11 bits per heavy atom. The number of halogens is 1. The van der Waals surface area contributed by atoms with E-state index >= 15 is 0 Å². The normalized spacial score (nSPS) is 23.1. The first-order chi connectivity index (χ1) is 8.65. The highest BCUT2D eigenvalue weighted by molar-refractivity contribution is 7.18. The Morgan fingerprint density at radius 2 is 2.44 bits per heavy atom. The number of esters is 1. The zero-order valence-electron chi connectivity index (χ0n) is 9.98. The summed E-state index contributed by atoms with van der Waals surface area (Å²) < 4.78 is 4.62. The van der Waals surface area contributed by atoms with E-state index in [-0.39, 0.29) is 23.7 Å². The van der Waals surface area contributed by atoms with Gasteiger partial charge < -0.3 is 15.2 Å². The maximum absolute atomic E-state index is 11.4. The molecule has 0 bridgehead atoms. The van der Waals surface area contributed by atoms with Crippen molar-refractivity contribution >= 4 is 34.0 Å². The highest BCUT2D eigenvalue weighted by Crippen LogP contribution is 2.32. The van der Waals surface area contributed by atoms with Gasteiger partial charge in [0.15, 0.2) is 15.2 Å². The van der Waals surface area contributed by atoms with Gasteiger partial charge in [0.25, 0.3) is 0 Å². The molecule has 1 aromatic heterocycles. The molecule has 0 radical (unpaired) electrons. The minimum Gasteiger partial charge on any atom is -0.465 e. The Bertz CT molecular complexity index is 438. The topological polar surface area (TPSA) is 71.5 Å². The van der Waals surface area contributed by atoms with Crippen LogP contribution in [0.2, 0.25) is 5.15 Å². The van der Waals surface area contributed by atoms with Gasteiger partial charge in [0.1, 0.15) is 0 Å². The molecule has 0 aromatic carbocycles. The summed E-state index contributed by atoms with van der Waals surface area (Å²) in [7, 11) is 1.31. The monoisotopic (exact) mass is 290 g/mol. The van der Waals surface area contributed by atoms with Crippen molar-refractivity contribution < 1.29 is 14.6 Å². The molecular weight excluding hydrogens is 276 g/mol. The fourth-order valence-electron chi connectivity index (χ4n) is 2.19. The summed E-state index contributed by atoms with van der Waals surface area (Å²) >= 11 is 7.06. The number of anilines is 1. The molecule has 5 nitrogen and oxygen atoms in total. The van der Waals surface area contributed by atoms with E-state index in [1.165, 1.54) is 18.4 Å². The van der Waals surface area contributed by atoms with Crippen molar-refractivity contribution in [1.29, 1.82) is 0 Å². The first-order valence-electron chi connectivity index (χ1n) is 5.77. The van der Waals surface area contributed by atoms with Crippen molar-refractivity contribution in [2.45, 2.75) is 25.3 Å². The number of thiazole rings is 1. The highest BCUT2D eigenvalue weighted by atomic mass is 35.5. The number of rotatable bonds is 4. The van der Waals surface area contributed by atoms with Crippen molar-refractivity contribution in [3.8, 4) is 0 Å². The molecule has 1 saturated carbocycles. The van der Waals surface area contributed by atoms with Gasteiger partial charge in [0.2, 0.25) is 0 Å². The van der Waals surface area contributed by atoms with Gasteiger partial charge in [0, 0.05) is 18.6 Å². The Morgan fingerprint density at radius 1 is 1.67 bits per heavy atom. The lowest BCUT2D eigenvalue weighted by atomic mass is 10.1. The molecule has 1 heterocycles. The molecule has 7 heteroatoms. The first-order valence-corrected chi connectivity index (χ1v) is 6.97. The molecule has 0 saturated heterocycles. The van der Waals surface area contributed by atoms with Crippen LogP contribution >= 0.6 is 22.9 Å². The maximum Gasteiger partial charge on any atom is 0.351 e. The second-order valence-electron chi connectivity index (χ2n) is 4.25. The average molecular weight is 291 g/mol. The second-order valence-corrected chi connectivity index (χ2v) is 5.61. The minimum atomic E-state index is -0.476. The molecule has 1 aliphatic rings. The van der Waals surface area contributed by atoms with Gasteiger partial charge >= 0.3 is 5.97 Å². The van der Waals surface area contributed by atoms with Gasteiger partial charge in [-0.15, -0.1) is 0 Å². The SMILES string of the molecule is COC(=O)c1sc(NC2CCCC2CO)nc1Cl. The van der Waals surface area contributed by atoms with Crippen molar-refractivity contribution in [2.24, 2.45) is 5.92 Å². The standard InChI is InChI=1S/C11H15ClN2O3S/c1-17-10(16)8-9(12)14-11(18-8)13-7-4-2-3-6(7)5-15/h6-7,15H,2-5H2,1H3,(H,13,14). The van der Waals surface area contributed by atoms with Crippen molar-refractivity contribution in [3.05, 3.63) is 10.0 Å². The summed E-state index contributed by atoms with van der Waals surface area (Å²) in [6.45, 7) is 0.167. The number of carbonyl (C=O) groups is 1. The van der Waals surface area contributed by atoms with Crippen LogP contribution in [-0.4, -0.2) is 35.8 Å². The van der Waals surface area contributed by atoms with Crippen LogP contribution in [-0.2, 0) is 4.74 Å². The number of aliphatic hydroxyl groups excluding tert-OH is 1. The van der Waals surface area contributed by atoms with Gasteiger partial charge in [-0.1, -0.05) is 29.4 Å². The molecule has 2 atom stereocenters. The molecular formula is C11H15ClN2O3S. The molecule has 2 N–H and O–H groups in total. The molecule has 0 aliphatic heterocycles. The Hall–Kier alpha value is -0.850. The third-order valence-electron chi connectivity index (χ3n) is 3.16. The fraction of sp³-hybridized carbons (Fsp3) is 0.636. The minimum absolute atomic E-state index is 0.160. The van der Waals surface area contributed by atoms with Crippen LogP contribution in [0.3, 0.4) is 0 Å². The maximum atomic E-state index is 11.4. The summed E-state index contributed by atoms with van der Waals surface area (Å²) in [6, 6.07) is 0.197. The molecule has 1 aliphatic carbocycles. The first kappa shape index (κ1) is 13.6. The van der Waals surface area contributed by atoms with E-state index < -0.39 is 5.97 Å². The number of nitrogens with one attached hydrogen (secondary N) is 1. The average Bonchev–Trinajstić information content (AvgIpc) is 2.95. The number of carbonyl (C=O) groups excluding carboxylic acids is 1. The van der Waals surface area contributed by atoms with Crippen LogP contribution in [0.15, 0.2) is 0 Å². The van der Waals surface area contributed by atoms with Gasteiger partial charge in [-0.25, -0.2) is 9.78 Å². The lowest BCUT2D eigenvalue weighted by Gasteiger charge is -2.17. The van der Waals surface area contributed by atoms with Crippen LogP contribution in [0.4, 0.5) is 5.13 Å². The Kier molecular flexibility index (Phi) is 4.42. The molecule has 2 unspecified atom stereocenters. The molecule has 2 rings (SSSR count). The molecule has 0 amide bonds. The van der Waals surface area contributed by atoms with E-state index in [1.807, 2.05) is 0 Å². The number of methoxy groups -OCH3 is 1. The Balaban J connectivity index is 2.08. The number of ether oxygens (including phenoxy) is 1. The van der Waals surface area contributed by atoms with Gasteiger partial charge in [-0.05, 0) is 12.8 Å². The summed E-state index contributed by atoms with van der Waals surface area (Å²) in [5, 5.41) is 13.2. The van der Waals surface area contributed by atoms with Crippen molar-refractivity contribution in [3.63, 3.8) is 0 Å². The molecule has 0 spiro atoms. The second kappa shape index (κ2) is 5.86. The molecule has 18 heavy (non-hydrogen) atoms. The summed E-state index contributed by atoms with van der Waals surface area (Å²) in [5.41, 5.74) is 0. The number of hydrogen-bond acceptors (Lipinski definition) is 6. The van der Waals surface area contributed by atoms with Crippen LogP contribution < -0.4 is 5.32 Å². The van der Waals surface area contributed by atoms with Crippen molar-refractivity contribution in [1.82, 2.24) is 4.98 Å².